The molecule has 1 amide bonds. The van der Waals surface area contributed by atoms with Gasteiger partial charge in [0.2, 0.25) is 5.91 Å². The van der Waals surface area contributed by atoms with Gasteiger partial charge >= 0.3 is 0 Å². The van der Waals surface area contributed by atoms with Crippen LogP contribution in [0.15, 0.2) is 28.6 Å². The molecule has 1 aromatic carbocycles. The van der Waals surface area contributed by atoms with Crippen LogP contribution in [0.3, 0.4) is 0 Å². The number of amides is 1. The van der Waals surface area contributed by atoms with Gasteiger partial charge in [0.15, 0.2) is 4.34 Å². The normalized spacial score (nSPS) is 12.5. The van der Waals surface area contributed by atoms with E-state index in [4.69, 9.17) is 0 Å². The Bertz CT molecular complexity index is 787. The van der Waals surface area contributed by atoms with Gasteiger partial charge in [-0.15, -0.1) is 11.3 Å². The minimum absolute atomic E-state index is 0.00857. The molecule has 0 aliphatic rings. The number of hydrogen-bond donors (Lipinski definition) is 2. The van der Waals surface area contributed by atoms with Crippen LogP contribution in [0.5, 0.6) is 0 Å². The summed E-state index contributed by atoms with van der Waals surface area (Å²) < 4.78 is 2.07. The SMILES string of the molecule is Cc1n[nH]c(C)c1CNC(=O)[C@@H](C)Sc1nc2ccccc2s1. The molecule has 23 heavy (non-hydrogen) atoms. The monoisotopic (exact) mass is 346 g/mol. The number of carbonyl (C=O) groups is 1. The molecule has 2 heterocycles. The van der Waals surface area contributed by atoms with Crippen molar-refractivity contribution in [3.8, 4) is 0 Å². The van der Waals surface area contributed by atoms with E-state index in [0.29, 0.717) is 6.54 Å². The summed E-state index contributed by atoms with van der Waals surface area (Å²) in [7, 11) is 0. The van der Waals surface area contributed by atoms with Crippen molar-refractivity contribution in [1.29, 1.82) is 0 Å². The topological polar surface area (TPSA) is 70.7 Å². The molecule has 3 aromatic rings. The van der Waals surface area contributed by atoms with Crippen LogP contribution < -0.4 is 5.32 Å². The number of carbonyl (C=O) groups excluding carboxylic acids is 1. The second-order valence-corrected chi connectivity index (χ2v) is 7.96. The average molecular weight is 346 g/mol. The Morgan fingerprint density at radius 2 is 2.17 bits per heavy atom. The van der Waals surface area contributed by atoms with Gasteiger partial charge in [0.05, 0.1) is 21.2 Å². The quantitative estimate of drug-likeness (QED) is 0.694. The zero-order valence-corrected chi connectivity index (χ0v) is 14.8. The van der Waals surface area contributed by atoms with Crippen molar-refractivity contribution in [3.63, 3.8) is 0 Å². The first-order chi connectivity index (χ1) is 11.0. The molecule has 0 saturated heterocycles. The molecule has 3 rings (SSSR count). The highest BCUT2D eigenvalue weighted by Crippen LogP contribution is 2.31. The molecule has 0 aliphatic heterocycles. The van der Waals surface area contributed by atoms with Gasteiger partial charge in [-0.2, -0.15) is 5.10 Å². The highest BCUT2D eigenvalue weighted by Gasteiger charge is 2.17. The Labute approximate surface area is 142 Å². The number of para-hydroxylation sites is 1. The van der Waals surface area contributed by atoms with Crippen LogP contribution in [0, 0.1) is 13.8 Å². The number of fused-ring (bicyclic) bond motifs is 1. The lowest BCUT2D eigenvalue weighted by Crippen LogP contribution is -2.30. The highest BCUT2D eigenvalue weighted by atomic mass is 32.2. The smallest absolute Gasteiger partial charge is 0.233 e. The van der Waals surface area contributed by atoms with Gasteiger partial charge in [-0.3, -0.25) is 9.89 Å². The van der Waals surface area contributed by atoms with Crippen LogP contribution in [0.25, 0.3) is 10.2 Å². The van der Waals surface area contributed by atoms with Crippen molar-refractivity contribution in [1.82, 2.24) is 20.5 Å². The lowest BCUT2D eigenvalue weighted by Gasteiger charge is -2.10. The molecule has 7 heteroatoms. The molecule has 0 aliphatic carbocycles. The van der Waals surface area contributed by atoms with Gasteiger partial charge in [-0.1, -0.05) is 23.9 Å². The molecular weight excluding hydrogens is 328 g/mol. The van der Waals surface area contributed by atoms with E-state index < -0.39 is 0 Å². The average Bonchev–Trinajstić information content (AvgIpc) is 3.08. The van der Waals surface area contributed by atoms with E-state index in [9.17, 15) is 4.79 Å². The number of aryl methyl sites for hydroxylation is 2. The van der Waals surface area contributed by atoms with Crippen LogP contribution in [0.1, 0.15) is 23.9 Å². The lowest BCUT2D eigenvalue weighted by molar-refractivity contribution is -0.120. The van der Waals surface area contributed by atoms with E-state index in [-0.39, 0.29) is 11.2 Å². The zero-order valence-electron chi connectivity index (χ0n) is 13.2. The number of H-pyrrole nitrogens is 1. The number of aromatic nitrogens is 3. The Hall–Kier alpha value is -1.86. The number of nitrogens with zero attached hydrogens (tertiary/aromatic N) is 2. The third kappa shape index (κ3) is 3.56. The first kappa shape index (κ1) is 16.0. The number of thiazole rings is 1. The number of aromatic amines is 1. The summed E-state index contributed by atoms with van der Waals surface area (Å²) in [5, 5.41) is 9.86. The Balaban J connectivity index is 1.61. The molecule has 2 N–H and O–H groups in total. The maximum atomic E-state index is 12.3. The van der Waals surface area contributed by atoms with Crippen LogP contribution in [0.4, 0.5) is 0 Å². The second kappa shape index (κ2) is 6.72. The van der Waals surface area contributed by atoms with Crippen molar-refractivity contribution in [2.24, 2.45) is 0 Å². The molecule has 5 nitrogen and oxygen atoms in total. The van der Waals surface area contributed by atoms with Gasteiger partial charge in [-0.05, 0) is 32.9 Å². The molecule has 2 aromatic heterocycles. The van der Waals surface area contributed by atoms with E-state index in [1.165, 1.54) is 11.8 Å². The summed E-state index contributed by atoms with van der Waals surface area (Å²) >= 11 is 3.12. The number of benzene rings is 1. The van der Waals surface area contributed by atoms with E-state index in [1.54, 1.807) is 11.3 Å². The van der Waals surface area contributed by atoms with Crippen molar-refractivity contribution < 1.29 is 4.79 Å². The molecule has 0 saturated carbocycles. The lowest BCUT2D eigenvalue weighted by atomic mass is 10.2. The van der Waals surface area contributed by atoms with Crippen molar-refractivity contribution in [2.45, 2.75) is 36.9 Å². The van der Waals surface area contributed by atoms with Crippen LogP contribution >= 0.6 is 23.1 Å². The van der Waals surface area contributed by atoms with E-state index in [0.717, 1.165) is 31.5 Å². The second-order valence-electron chi connectivity index (χ2n) is 5.34. The van der Waals surface area contributed by atoms with Crippen molar-refractivity contribution in [3.05, 3.63) is 41.2 Å². The minimum Gasteiger partial charge on any atom is -0.351 e. The Morgan fingerprint density at radius 3 is 2.87 bits per heavy atom. The molecule has 0 unspecified atom stereocenters. The summed E-state index contributed by atoms with van der Waals surface area (Å²) in [6.07, 6.45) is 0. The maximum absolute atomic E-state index is 12.3. The largest absolute Gasteiger partial charge is 0.351 e. The summed E-state index contributed by atoms with van der Waals surface area (Å²) in [5.41, 5.74) is 3.95. The van der Waals surface area contributed by atoms with Crippen molar-refractivity contribution >= 4 is 39.2 Å². The molecule has 0 spiro atoms. The maximum Gasteiger partial charge on any atom is 0.233 e. The fourth-order valence-corrected chi connectivity index (χ4v) is 4.50. The van der Waals surface area contributed by atoms with Gasteiger partial charge in [0, 0.05) is 17.8 Å². The van der Waals surface area contributed by atoms with E-state index in [2.05, 4.69) is 20.5 Å². The number of hydrogen-bond acceptors (Lipinski definition) is 5. The highest BCUT2D eigenvalue weighted by molar-refractivity contribution is 8.02. The summed E-state index contributed by atoms with van der Waals surface area (Å²) in [6.45, 7) is 6.30. The molecule has 120 valence electrons. The summed E-state index contributed by atoms with van der Waals surface area (Å²) in [5.74, 6) is 0.00857. The number of nitrogens with one attached hydrogen (secondary N) is 2. The summed E-state index contributed by atoms with van der Waals surface area (Å²) in [4.78, 5) is 16.9. The first-order valence-electron chi connectivity index (χ1n) is 7.35. The van der Waals surface area contributed by atoms with E-state index in [1.807, 2.05) is 45.0 Å². The minimum atomic E-state index is -0.192. The van der Waals surface area contributed by atoms with Gasteiger partial charge < -0.3 is 5.32 Å². The van der Waals surface area contributed by atoms with Crippen LogP contribution in [-0.2, 0) is 11.3 Å². The van der Waals surface area contributed by atoms with Gasteiger partial charge in [0.25, 0.3) is 0 Å². The predicted molar refractivity (Wildman–Crippen MR) is 94.8 cm³/mol. The third-order valence-corrected chi connectivity index (χ3v) is 5.87. The number of thioether (sulfide) groups is 1. The standard InChI is InChI=1S/C16H18N4OS2/c1-9-12(10(2)20-19-9)8-17-15(21)11(3)22-16-18-13-6-4-5-7-14(13)23-16/h4-7,11H,8H2,1-3H3,(H,17,21)(H,19,20)/t11-/m1/s1. The first-order valence-corrected chi connectivity index (χ1v) is 9.04. The number of rotatable bonds is 5. The third-order valence-electron chi connectivity index (χ3n) is 3.64. The van der Waals surface area contributed by atoms with E-state index >= 15 is 0 Å². The Morgan fingerprint density at radius 1 is 1.39 bits per heavy atom. The van der Waals surface area contributed by atoms with Gasteiger partial charge in [-0.25, -0.2) is 4.98 Å². The molecule has 0 radical (unpaired) electrons. The van der Waals surface area contributed by atoms with Gasteiger partial charge in [0.1, 0.15) is 0 Å². The Kier molecular flexibility index (Phi) is 4.68. The molecule has 1 atom stereocenters. The predicted octanol–water partition coefficient (Wildman–Crippen LogP) is 3.43. The molecule has 0 fully saturated rings. The van der Waals surface area contributed by atoms with Crippen LogP contribution in [0.2, 0.25) is 0 Å². The molecule has 0 bridgehead atoms. The van der Waals surface area contributed by atoms with Crippen molar-refractivity contribution in [2.75, 3.05) is 0 Å². The summed E-state index contributed by atoms with van der Waals surface area (Å²) in [6, 6.07) is 8.01. The molecular formula is C16H18N4OS2. The fraction of sp³-hybridized carbons (Fsp3) is 0.312. The zero-order chi connectivity index (χ0) is 16.4. The fourth-order valence-electron chi connectivity index (χ4n) is 2.26. The van der Waals surface area contributed by atoms with Crippen LogP contribution in [-0.4, -0.2) is 26.3 Å².